The smallest absolute Gasteiger partial charge is 0.171 e. The molecule has 4 heteroatoms. The average molecular weight is 234 g/mol. The molecule has 2 aliphatic rings. The fraction of sp³-hybridized carbons (Fsp3) is 0.615. The van der Waals surface area contributed by atoms with Gasteiger partial charge in [0.1, 0.15) is 0 Å². The fourth-order valence-electron chi connectivity index (χ4n) is 3.19. The van der Waals surface area contributed by atoms with Crippen molar-refractivity contribution < 1.29 is 9.84 Å². The van der Waals surface area contributed by atoms with E-state index >= 15 is 0 Å². The lowest BCUT2D eigenvalue weighted by atomic mass is 10.00. The van der Waals surface area contributed by atoms with Crippen LogP contribution in [0.15, 0.2) is 18.3 Å². The third kappa shape index (κ3) is 1.76. The van der Waals surface area contributed by atoms with E-state index < -0.39 is 0 Å². The Morgan fingerprint density at radius 3 is 3.06 bits per heavy atom. The number of hydrogen-bond donors (Lipinski definition) is 1. The van der Waals surface area contributed by atoms with E-state index in [1.165, 1.54) is 0 Å². The van der Waals surface area contributed by atoms with E-state index in [0.29, 0.717) is 11.8 Å². The molecule has 1 aromatic heterocycles. The number of fused-ring (bicyclic) bond motifs is 1. The fourth-order valence-corrected chi connectivity index (χ4v) is 3.19. The molecule has 92 valence electrons. The number of methoxy groups -OCH3 is 1. The monoisotopic (exact) mass is 234 g/mol. The topological polar surface area (TPSA) is 45.6 Å². The zero-order valence-electron chi connectivity index (χ0n) is 10.0. The Kier molecular flexibility index (Phi) is 2.67. The standard InChI is InChI=1S/C13H18N2O2/c1-17-12-3-2-6-14-13(12)15-7-9-4-5-11(16)10(9)8-15/h2-3,6,9-11,16H,4-5,7-8H2,1H3. The highest BCUT2D eigenvalue weighted by molar-refractivity contribution is 5.53. The maximum atomic E-state index is 9.91. The number of aliphatic hydroxyl groups excluding tert-OH is 1. The van der Waals surface area contributed by atoms with Gasteiger partial charge in [0.2, 0.25) is 0 Å². The van der Waals surface area contributed by atoms with Gasteiger partial charge in [-0.25, -0.2) is 4.98 Å². The van der Waals surface area contributed by atoms with Crippen molar-refractivity contribution in [3.8, 4) is 5.75 Å². The van der Waals surface area contributed by atoms with Crippen LogP contribution < -0.4 is 9.64 Å². The molecule has 1 aromatic rings. The van der Waals surface area contributed by atoms with Crippen LogP contribution in [0.25, 0.3) is 0 Å². The van der Waals surface area contributed by atoms with E-state index in [2.05, 4.69) is 9.88 Å². The van der Waals surface area contributed by atoms with Crippen molar-refractivity contribution in [2.24, 2.45) is 11.8 Å². The van der Waals surface area contributed by atoms with Crippen LogP contribution in [-0.4, -0.2) is 36.4 Å². The van der Waals surface area contributed by atoms with Gasteiger partial charge in [0, 0.05) is 25.2 Å². The zero-order valence-corrected chi connectivity index (χ0v) is 10.0. The van der Waals surface area contributed by atoms with Gasteiger partial charge in [0.05, 0.1) is 13.2 Å². The molecule has 2 fully saturated rings. The predicted molar refractivity (Wildman–Crippen MR) is 65.2 cm³/mol. The summed E-state index contributed by atoms with van der Waals surface area (Å²) in [7, 11) is 1.67. The summed E-state index contributed by atoms with van der Waals surface area (Å²) in [5, 5.41) is 9.91. The van der Waals surface area contributed by atoms with E-state index in [-0.39, 0.29) is 6.10 Å². The molecule has 0 radical (unpaired) electrons. The molecule has 3 rings (SSSR count). The van der Waals surface area contributed by atoms with Crippen LogP contribution in [0.1, 0.15) is 12.8 Å². The Bertz CT molecular complexity index is 410. The van der Waals surface area contributed by atoms with Crippen molar-refractivity contribution >= 4 is 5.82 Å². The molecule has 0 bridgehead atoms. The van der Waals surface area contributed by atoms with Gasteiger partial charge >= 0.3 is 0 Å². The third-order valence-corrected chi connectivity index (χ3v) is 4.09. The molecule has 1 saturated carbocycles. The lowest BCUT2D eigenvalue weighted by Crippen LogP contribution is -2.25. The molecular formula is C13H18N2O2. The molecule has 17 heavy (non-hydrogen) atoms. The van der Waals surface area contributed by atoms with E-state index in [1.807, 2.05) is 12.1 Å². The molecule has 1 aliphatic carbocycles. The van der Waals surface area contributed by atoms with E-state index in [1.54, 1.807) is 13.3 Å². The number of rotatable bonds is 2. The molecule has 0 amide bonds. The van der Waals surface area contributed by atoms with Gasteiger partial charge in [-0.3, -0.25) is 0 Å². The summed E-state index contributed by atoms with van der Waals surface area (Å²) in [6, 6.07) is 3.82. The summed E-state index contributed by atoms with van der Waals surface area (Å²) in [5.41, 5.74) is 0. The van der Waals surface area contributed by atoms with Crippen molar-refractivity contribution in [1.29, 1.82) is 0 Å². The number of ether oxygens (including phenoxy) is 1. The van der Waals surface area contributed by atoms with Crippen molar-refractivity contribution in [2.45, 2.75) is 18.9 Å². The number of hydrogen-bond acceptors (Lipinski definition) is 4. The van der Waals surface area contributed by atoms with Crippen LogP contribution in [0, 0.1) is 11.8 Å². The molecular weight excluding hydrogens is 216 g/mol. The van der Waals surface area contributed by atoms with Gasteiger partial charge in [-0.2, -0.15) is 0 Å². The number of nitrogens with zero attached hydrogens (tertiary/aromatic N) is 2. The second-order valence-corrected chi connectivity index (χ2v) is 5.00. The van der Waals surface area contributed by atoms with E-state index in [0.717, 1.165) is 37.5 Å². The summed E-state index contributed by atoms with van der Waals surface area (Å²) < 4.78 is 5.34. The summed E-state index contributed by atoms with van der Waals surface area (Å²) in [6.07, 6.45) is 3.77. The van der Waals surface area contributed by atoms with Crippen LogP contribution in [0.3, 0.4) is 0 Å². The van der Waals surface area contributed by atoms with Gasteiger partial charge in [-0.1, -0.05) is 0 Å². The summed E-state index contributed by atoms with van der Waals surface area (Å²) >= 11 is 0. The van der Waals surface area contributed by atoms with Gasteiger partial charge in [-0.15, -0.1) is 0 Å². The molecule has 1 saturated heterocycles. The van der Waals surface area contributed by atoms with Crippen molar-refractivity contribution in [3.63, 3.8) is 0 Å². The summed E-state index contributed by atoms with van der Waals surface area (Å²) in [6.45, 7) is 1.90. The average Bonchev–Trinajstić information content (AvgIpc) is 2.92. The highest BCUT2D eigenvalue weighted by atomic mass is 16.5. The Morgan fingerprint density at radius 2 is 2.29 bits per heavy atom. The highest BCUT2D eigenvalue weighted by Gasteiger charge is 2.42. The van der Waals surface area contributed by atoms with Crippen LogP contribution in [-0.2, 0) is 0 Å². The number of anilines is 1. The molecule has 3 unspecified atom stereocenters. The first-order valence-electron chi connectivity index (χ1n) is 6.21. The Labute approximate surface area is 101 Å². The second kappa shape index (κ2) is 4.18. The van der Waals surface area contributed by atoms with Crippen LogP contribution in [0.4, 0.5) is 5.82 Å². The summed E-state index contributed by atoms with van der Waals surface area (Å²) in [4.78, 5) is 6.65. The number of pyridine rings is 1. The van der Waals surface area contributed by atoms with Crippen molar-refractivity contribution in [3.05, 3.63) is 18.3 Å². The second-order valence-electron chi connectivity index (χ2n) is 5.00. The molecule has 1 N–H and O–H groups in total. The molecule has 4 nitrogen and oxygen atoms in total. The normalized spacial score (nSPS) is 31.6. The highest BCUT2D eigenvalue weighted by Crippen LogP contribution is 2.41. The van der Waals surface area contributed by atoms with E-state index in [9.17, 15) is 5.11 Å². The Morgan fingerprint density at radius 1 is 1.41 bits per heavy atom. The lowest BCUT2D eigenvalue weighted by Gasteiger charge is -2.21. The van der Waals surface area contributed by atoms with Crippen molar-refractivity contribution in [2.75, 3.05) is 25.1 Å². The zero-order chi connectivity index (χ0) is 11.8. The first kappa shape index (κ1) is 10.8. The van der Waals surface area contributed by atoms with Gasteiger partial charge in [0.25, 0.3) is 0 Å². The van der Waals surface area contributed by atoms with E-state index in [4.69, 9.17) is 4.74 Å². The lowest BCUT2D eigenvalue weighted by molar-refractivity contribution is 0.133. The molecule has 2 heterocycles. The Hall–Kier alpha value is -1.29. The first-order valence-corrected chi connectivity index (χ1v) is 6.21. The first-order chi connectivity index (χ1) is 8.29. The van der Waals surface area contributed by atoms with Gasteiger partial charge in [-0.05, 0) is 30.9 Å². The minimum Gasteiger partial charge on any atom is -0.493 e. The van der Waals surface area contributed by atoms with Crippen molar-refractivity contribution in [1.82, 2.24) is 4.98 Å². The summed E-state index contributed by atoms with van der Waals surface area (Å²) in [5.74, 6) is 2.77. The van der Waals surface area contributed by atoms with Gasteiger partial charge < -0.3 is 14.7 Å². The van der Waals surface area contributed by atoms with Crippen LogP contribution in [0.2, 0.25) is 0 Å². The maximum Gasteiger partial charge on any atom is 0.171 e. The maximum absolute atomic E-state index is 9.91. The van der Waals surface area contributed by atoms with Crippen LogP contribution in [0.5, 0.6) is 5.75 Å². The van der Waals surface area contributed by atoms with Gasteiger partial charge in [0.15, 0.2) is 11.6 Å². The molecule has 0 spiro atoms. The minimum absolute atomic E-state index is 0.125. The molecule has 0 aromatic carbocycles. The largest absolute Gasteiger partial charge is 0.493 e. The SMILES string of the molecule is COc1cccnc1N1CC2CCC(O)C2C1. The number of aliphatic hydroxyl groups is 1. The quantitative estimate of drug-likeness (QED) is 0.837. The third-order valence-electron chi connectivity index (χ3n) is 4.09. The van der Waals surface area contributed by atoms with Crippen LogP contribution >= 0.6 is 0 Å². The predicted octanol–water partition coefficient (Wildman–Crippen LogP) is 1.30. The molecule has 3 atom stereocenters. The Balaban J connectivity index is 1.82. The molecule has 1 aliphatic heterocycles. The minimum atomic E-state index is -0.125. The number of aromatic nitrogens is 1.